The van der Waals surface area contributed by atoms with Crippen LogP contribution in [0.1, 0.15) is 13.3 Å². The first kappa shape index (κ1) is 11.3. The third-order valence-corrected chi connectivity index (χ3v) is 17.2. The Morgan fingerprint density at radius 2 is 1.67 bits per heavy atom. The van der Waals surface area contributed by atoms with Crippen molar-refractivity contribution in [2.75, 3.05) is 0 Å². The third-order valence-electron chi connectivity index (χ3n) is 2.04. The van der Waals surface area contributed by atoms with E-state index < -0.39 is 15.2 Å². The van der Waals surface area contributed by atoms with Crippen LogP contribution in [0.3, 0.4) is 0 Å². The number of hydrogen-bond donors (Lipinski definition) is 0. The molecular weight excluding hydrogens is 294 g/mol. The molecule has 0 amide bonds. The van der Waals surface area contributed by atoms with Crippen molar-refractivity contribution in [1.29, 1.82) is 0 Å². The van der Waals surface area contributed by atoms with Crippen LogP contribution in [0.4, 0.5) is 0 Å². The fourth-order valence-corrected chi connectivity index (χ4v) is 12.5. The molecule has 0 bridgehead atoms. The summed E-state index contributed by atoms with van der Waals surface area (Å²) in [6.45, 7) is 2.06. The molecule has 0 spiro atoms. The van der Waals surface area contributed by atoms with Gasteiger partial charge in [0, 0.05) is 0 Å². The molecule has 0 nitrogen and oxygen atoms in total. The van der Waals surface area contributed by atoms with Gasteiger partial charge in [0.15, 0.2) is 0 Å². The van der Waals surface area contributed by atoms with Gasteiger partial charge in [-0.05, 0) is 0 Å². The molecule has 0 saturated carbocycles. The monoisotopic (exact) mass is 303 g/mol. The predicted molar refractivity (Wildman–Crippen MR) is 54.7 cm³/mol. The molecule has 1 rings (SSSR count). The zero-order valence-corrected chi connectivity index (χ0v) is 11.7. The van der Waals surface area contributed by atoms with E-state index >= 15 is 0 Å². The Hall–Kier alpha value is 1.23. The molecule has 1 aliphatic carbocycles. The zero-order chi connectivity index (χ0) is 9.27. The van der Waals surface area contributed by atoms with Crippen LogP contribution in [-0.2, 0) is 15.2 Å². The van der Waals surface area contributed by atoms with Gasteiger partial charge in [-0.1, -0.05) is 0 Å². The first-order valence-electron chi connectivity index (χ1n) is 4.08. The molecule has 12 heavy (non-hydrogen) atoms. The van der Waals surface area contributed by atoms with Crippen LogP contribution in [0.25, 0.3) is 0 Å². The zero-order valence-electron chi connectivity index (χ0n) is 6.93. The van der Waals surface area contributed by atoms with Crippen molar-refractivity contribution < 1.29 is 15.2 Å². The first-order valence-corrected chi connectivity index (χ1v) is 16.7. The van der Waals surface area contributed by atoms with E-state index in [1.165, 1.54) is 0 Å². The van der Waals surface area contributed by atoms with Gasteiger partial charge < -0.3 is 0 Å². The molecule has 0 aromatic carbocycles. The van der Waals surface area contributed by atoms with E-state index in [1.807, 2.05) is 24.3 Å². The van der Waals surface area contributed by atoms with E-state index in [4.69, 9.17) is 25.5 Å². The summed E-state index contributed by atoms with van der Waals surface area (Å²) >= 11 is -3.87. The van der Waals surface area contributed by atoms with E-state index in [0.29, 0.717) is 0 Å². The van der Waals surface area contributed by atoms with Crippen molar-refractivity contribution in [1.82, 2.24) is 0 Å². The average molecular weight is 306 g/mol. The third kappa shape index (κ3) is 2.61. The normalized spacial score (nSPS) is 21.2. The molecule has 0 unspecified atom stereocenters. The van der Waals surface area contributed by atoms with Gasteiger partial charge in [-0.25, -0.2) is 0 Å². The maximum absolute atomic E-state index is 6.34. The predicted octanol–water partition coefficient (Wildman–Crippen LogP) is 4.88. The Balaban J connectivity index is 2.81. The van der Waals surface area contributed by atoms with Crippen molar-refractivity contribution >= 4 is 25.5 Å². The molecule has 69 valence electrons. The standard InChI is InChI=1S/C5H5.C3H7.3ClH.Zr/c1-2-4-5-3-1;1-3-2;;;;/h1-5H;1,3H2,2H3;3*1H;/q;;;;;+3/p-3. The van der Waals surface area contributed by atoms with Gasteiger partial charge in [0.05, 0.1) is 0 Å². The Labute approximate surface area is 85.3 Å². The van der Waals surface area contributed by atoms with Crippen molar-refractivity contribution in [3.8, 4) is 0 Å². The summed E-state index contributed by atoms with van der Waals surface area (Å²) in [5.41, 5.74) is 0. The summed E-state index contributed by atoms with van der Waals surface area (Å²) in [6, 6.07) is 0. The molecule has 0 radical (unpaired) electrons. The molecule has 0 N–H and O–H groups in total. The minimum atomic E-state index is -3.87. The summed E-state index contributed by atoms with van der Waals surface area (Å²) in [5.74, 6) is 0. The van der Waals surface area contributed by atoms with E-state index in [2.05, 4.69) is 6.92 Å². The van der Waals surface area contributed by atoms with Gasteiger partial charge in [0.2, 0.25) is 0 Å². The van der Waals surface area contributed by atoms with E-state index in [9.17, 15) is 0 Å². The molecule has 0 aliphatic heterocycles. The molecule has 0 atom stereocenters. The topological polar surface area (TPSA) is 0 Å². The summed E-state index contributed by atoms with van der Waals surface area (Å²) in [6.07, 6.45) is 8.89. The minimum absolute atomic E-state index is 0.122. The quantitative estimate of drug-likeness (QED) is 0.697. The maximum atomic E-state index is 6.34. The summed E-state index contributed by atoms with van der Waals surface area (Å²) in [7, 11) is 19.0. The van der Waals surface area contributed by atoms with Crippen LogP contribution < -0.4 is 0 Å². The van der Waals surface area contributed by atoms with E-state index in [1.54, 1.807) is 0 Å². The van der Waals surface area contributed by atoms with Crippen LogP contribution in [0.2, 0.25) is 7.75 Å². The Bertz CT molecular complexity index is 212. The van der Waals surface area contributed by atoms with Gasteiger partial charge in [-0.2, -0.15) is 0 Å². The van der Waals surface area contributed by atoms with Gasteiger partial charge in [-0.15, -0.1) is 0 Å². The number of hydrogen-bond acceptors (Lipinski definition) is 0. The molecule has 4 heteroatoms. The second-order valence-electron chi connectivity index (χ2n) is 3.19. The fourth-order valence-electron chi connectivity index (χ4n) is 1.38. The molecule has 0 heterocycles. The molecule has 0 fully saturated rings. The number of halogens is 3. The van der Waals surface area contributed by atoms with Crippen LogP contribution in [0, 0.1) is 0 Å². The molecule has 0 saturated heterocycles. The Morgan fingerprint density at radius 3 is 2.08 bits per heavy atom. The van der Waals surface area contributed by atoms with Crippen LogP contribution in [-0.4, -0.2) is 0 Å². The second kappa shape index (κ2) is 3.77. The summed E-state index contributed by atoms with van der Waals surface area (Å²) in [4.78, 5) is 0. The van der Waals surface area contributed by atoms with Crippen LogP contribution in [0.15, 0.2) is 24.3 Å². The summed E-state index contributed by atoms with van der Waals surface area (Å²) in [5, 5.41) is 0. The second-order valence-corrected chi connectivity index (χ2v) is 30.5. The van der Waals surface area contributed by atoms with Gasteiger partial charge in [-0.3, -0.25) is 0 Å². The van der Waals surface area contributed by atoms with Crippen molar-refractivity contribution in [2.45, 2.75) is 21.1 Å². The molecule has 0 aromatic rings. The van der Waals surface area contributed by atoms with Crippen LogP contribution >= 0.6 is 25.5 Å². The van der Waals surface area contributed by atoms with Gasteiger partial charge >= 0.3 is 86.1 Å². The van der Waals surface area contributed by atoms with Gasteiger partial charge in [0.25, 0.3) is 0 Å². The average Bonchev–Trinajstić information content (AvgIpc) is 2.35. The summed E-state index contributed by atoms with van der Waals surface area (Å²) < 4.78 is 0.905. The Morgan fingerprint density at radius 1 is 1.17 bits per heavy atom. The molecule has 0 aromatic heterocycles. The van der Waals surface area contributed by atoms with Crippen molar-refractivity contribution in [3.63, 3.8) is 0 Å². The first-order chi connectivity index (χ1) is 5.44. The van der Waals surface area contributed by atoms with Gasteiger partial charge in [0.1, 0.15) is 0 Å². The van der Waals surface area contributed by atoms with Crippen molar-refractivity contribution in [3.05, 3.63) is 24.3 Å². The van der Waals surface area contributed by atoms with Crippen molar-refractivity contribution in [2.24, 2.45) is 0 Å². The van der Waals surface area contributed by atoms with E-state index in [-0.39, 0.29) is 3.63 Å². The SMILES string of the molecule is CC[CH2][Zr]([Cl])([Cl])([Cl])[CH]1C=CC=C1. The fraction of sp³-hybridized carbons (Fsp3) is 0.500. The van der Waals surface area contributed by atoms with E-state index in [0.717, 1.165) is 10.5 Å². The van der Waals surface area contributed by atoms with Crippen LogP contribution in [0.5, 0.6) is 0 Å². The Kier molecular flexibility index (Phi) is 3.55. The molecular formula is C8H12Cl3Zr. The number of rotatable bonds is 3. The number of allylic oxidation sites excluding steroid dienone is 4. The molecule has 1 aliphatic rings.